The number of likely N-dealkylation sites (tertiary alicyclic amines) is 1. The highest BCUT2D eigenvalue weighted by atomic mass is 16.5. The highest BCUT2D eigenvalue weighted by Gasteiger charge is 2.17. The van der Waals surface area contributed by atoms with E-state index in [9.17, 15) is 0 Å². The van der Waals surface area contributed by atoms with Crippen LogP contribution in [0.5, 0.6) is 0 Å². The molecular weight excluding hydrogens is 260 g/mol. The Labute approximate surface area is 129 Å². The quantitative estimate of drug-likeness (QED) is 0.796. The van der Waals surface area contributed by atoms with E-state index < -0.39 is 0 Å². The summed E-state index contributed by atoms with van der Waals surface area (Å²) in [6.07, 6.45) is 5.20. The molecule has 21 heavy (non-hydrogen) atoms. The lowest BCUT2D eigenvalue weighted by molar-refractivity contribution is 0.184. The lowest BCUT2D eigenvalue weighted by Crippen LogP contribution is -2.42. The first-order valence-electron chi connectivity index (χ1n) is 8.34. The molecule has 1 aromatic carbocycles. The highest BCUT2D eigenvalue weighted by molar-refractivity contribution is 5.22. The molecule has 0 aromatic heterocycles. The zero-order valence-corrected chi connectivity index (χ0v) is 13.6. The molecular formula is C18H30N2O. The van der Waals surface area contributed by atoms with E-state index in [-0.39, 0.29) is 0 Å². The highest BCUT2D eigenvalue weighted by Crippen LogP contribution is 2.13. The van der Waals surface area contributed by atoms with Gasteiger partial charge in [0.25, 0.3) is 0 Å². The van der Waals surface area contributed by atoms with Crippen LogP contribution in [0.4, 0.5) is 0 Å². The van der Waals surface area contributed by atoms with Crippen molar-refractivity contribution in [2.45, 2.75) is 51.8 Å². The number of piperidine rings is 1. The molecule has 0 unspecified atom stereocenters. The molecule has 1 saturated heterocycles. The van der Waals surface area contributed by atoms with Gasteiger partial charge in [-0.1, -0.05) is 37.6 Å². The third kappa shape index (κ3) is 5.77. The van der Waals surface area contributed by atoms with Crippen molar-refractivity contribution in [1.29, 1.82) is 0 Å². The van der Waals surface area contributed by atoms with Gasteiger partial charge in [0.05, 0.1) is 6.61 Å². The normalized spacial score (nSPS) is 17.2. The minimum Gasteiger partial charge on any atom is -0.380 e. The Hall–Kier alpha value is -0.900. The van der Waals surface area contributed by atoms with Gasteiger partial charge in [-0.25, -0.2) is 0 Å². The Kier molecular flexibility index (Phi) is 7.20. The predicted molar refractivity (Wildman–Crippen MR) is 88.4 cm³/mol. The maximum absolute atomic E-state index is 5.20. The molecule has 0 spiro atoms. The molecule has 1 heterocycles. The van der Waals surface area contributed by atoms with Crippen molar-refractivity contribution in [2.24, 2.45) is 0 Å². The summed E-state index contributed by atoms with van der Waals surface area (Å²) in [5, 5.41) is 3.72. The number of nitrogens with one attached hydrogen (secondary N) is 1. The van der Waals surface area contributed by atoms with Gasteiger partial charge in [-0.2, -0.15) is 0 Å². The fourth-order valence-corrected chi connectivity index (χ4v) is 3.00. The number of rotatable bonds is 8. The van der Waals surface area contributed by atoms with E-state index in [1.165, 1.54) is 56.4 Å². The van der Waals surface area contributed by atoms with E-state index in [1.807, 2.05) is 0 Å². The Bertz CT molecular complexity index is 400. The van der Waals surface area contributed by atoms with Gasteiger partial charge in [0, 0.05) is 19.7 Å². The van der Waals surface area contributed by atoms with Gasteiger partial charge in [-0.05, 0) is 50.0 Å². The summed E-state index contributed by atoms with van der Waals surface area (Å²) in [6.45, 7) is 7.72. The molecule has 0 amide bonds. The first-order valence-corrected chi connectivity index (χ1v) is 8.34. The number of nitrogens with zero attached hydrogens (tertiary/aromatic N) is 1. The molecule has 0 bridgehead atoms. The molecule has 1 aromatic rings. The lowest BCUT2D eigenvalue weighted by Gasteiger charge is -2.32. The summed E-state index contributed by atoms with van der Waals surface area (Å²) < 4.78 is 5.20. The van der Waals surface area contributed by atoms with Crippen molar-refractivity contribution in [1.82, 2.24) is 10.2 Å². The van der Waals surface area contributed by atoms with Gasteiger partial charge < -0.3 is 15.0 Å². The zero-order valence-electron chi connectivity index (χ0n) is 13.6. The summed E-state index contributed by atoms with van der Waals surface area (Å²) in [7, 11) is 1.75. The van der Waals surface area contributed by atoms with Crippen LogP contribution in [0.25, 0.3) is 0 Å². The molecule has 118 valence electrons. The molecule has 0 atom stereocenters. The van der Waals surface area contributed by atoms with E-state index in [1.54, 1.807) is 7.11 Å². The SMILES string of the molecule is CCCCN1CCC(NCc2cccc(COC)c2)CC1. The second kappa shape index (κ2) is 9.19. The lowest BCUT2D eigenvalue weighted by atomic mass is 10.0. The van der Waals surface area contributed by atoms with Crippen LogP contribution in [0.3, 0.4) is 0 Å². The van der Waals surface area contributed by atoms with Crippen molar-refractivity contribution in [3.05, 3.63) is 35.4 Å². The van der Waals surface area contributed by atoms with Crippen molar-refractivity contribution in [2.75, 3.05) is 26.7 Å². The molecule has 0 saturated carbocycles. The Morgan fingerprint density at radius 2 is 2.00 bits per heavy atom. The van der Waals surface area contributed by atoms with Gasteiger partial charge in [-0.15, -0.1) is 0 Å². The molecule has 2 rings (SSSR count). The number of unbranched alkanes of at least 4 members (excludes halogenated alkanes) is 1. The summed E-state index contributed by atoms with van der Waals surface area (Å²) in [5.41, 5.74) is 2.61. The molecule has 1 N–H and O–H groups in total. The number of methoxy groups -OCH3 is 1. The van der Waals surface area contributed by atoms with E-state index in [2.05, 4.69) is 41.4 Å². The molecule has 1 aliphatic heterocycles. The minimum absolute atomic E-state index is 0.675. The van der Waals surface area contributed by atoms with Crippen molar-refractivity contribution >= 4 is 0 Å². The standard InChI is InChI=1S/C18H30N2O/c1-3-4-10-20-11-8-18(9-12-20)19-14-16-6-5-7-17(13-16)15-21-2/h5-7,13,18-19H,3-4,8-12,14-15H2,1-2H3. The zero-order chi connectivity index (χ0) is 14.9. The van der Waals surface area contributed by atoms with E-state index in [0.29, 0.717) is 12.6 Å². The molecule has 1 aliphatic rings. The number of hydrogen-bond acceptors (Lipinski definition) is 3. The average molecular weight is 290 g/mol. The van der Waals surface area contributed by atoms with E-state index >= 15 is 0 Å². The van der Waals surface area contributed by atoms with Gasteiger partial charge >= 0.3 is 0 Å². The average Bonchev–Trinajstić information content (AvgIpc) is 2.53. The molecule has 1 fully saturated rings. The van der Waals surface area contributed by atoms with E-state index in [0.717, 1.165) is 6.54 Å². The largest absolute Gasteiger partial charge is 0.380 e. The fraction of sp³-hybridized carbons (Fsp3) is 0.667. The minimum atomic E-state index is 0.675. The summed E-state index contributed by atoms with van der Waals surface area (Å²) in [6, 6.07) is 9.36. The third-order valence-electron chi connectivity index (χ3n) is 4.31. The van der Waals surface area contributed by atoms with Crippen LogP contribution >= 0.6 is 0 Å². The fourth-order valence-electron chi connectivity index (χ4n) is 3.00. The topological polar surface area (TPSA) is 24.5 Å². The van der Waals surface area contributed by atoms with Crippen LogP contribution in [0.1, 0.15) is 43.7 Å². The van der Waals surface area contributed by atoms with Gasteiger partial charge in [0.1, 0.15) is 0 Å². The Morgan fingerprint density at radius 1 is 1.24 bits per heavy atom. The van der Waals surface area contributed by atoms with Gasteiger partial charge in [0.15, 0.2) is 0 Å². The van der Waals surface area contributed by atoms with Gasteiger partial charge in [0.2, 0.25) is 0 Å². The summed E-state index contributed by atoms with van der Waals surface area (Å²) in [4.78, 5) is 2.61. The van der Waals surface area contributed by atoms with Crippen LogP contribution in [0.15, 0.2) is 24.3 Å². The Balaban J connectivity index is 1.70. The summed E-state index contributed by atoms with van der Waals surface area (Å²) >= 11 is 0. The smallest absolute Gasteiger partial charge is 0.0713 e. The number of benzene rings is 1. The predicted octanol–water partition coefficient (Wildman–Crippen LogP) is 3.19. The Morgan fingerprint density at radius 3 is 2.71 bits per heavy atom. The number of ether oxygens (including phenoxy) is 1. The van der Waals surface area contributed by atoms with Crippen LogP contribution in [-0.2, 0) is 17.9 Å². The van der Waals surface area contributed by atoms with Crippen molar-refractivity contribution in [3.63, 3.8) is 0 Å². The van der Waals surface area contributed by atoms with Gasteiger partial charge in [-0.3, -0.25) is 0 Å². The summed E-state index contributed by atoms with van der Waals surface area (Å²) in [5.74, 6) is 0. The van der Waals surface area contributed by atoms with Crippen LogP contribution < -0.4 is 5.32 Å². The van der Waals surface area contributed by atoms with Crippen LogP contribution in [0.2, 0.25) is 0 Å². The first-order chi connectivity index (χ1) is 10.3. The monoisotopic (exact) mass is 290 g/mol. The van der Waals surface area contributed by atoms with Crippen LogP contribution in [-0.4, -0.2) is 37.7 Å². The molecule has 3 heteroatoms. The van der Waals surface area contributed by atoms with Crippen LogP contribution in [0, 0.1) is 0 Å². The number of hydrogen-bond donors (Lipinski definition) is 1. The molecule has 0 radical (unpaired) electrons. The van der Waals surface area contributed by atoms with E-state index in [4.69, 9.17) is 4.74 Å². The second-order valence-electron chi connectivity index (χ2n) is 6.10. The third-order valence-corrected chi connectivity index (χ3v) is 4.31. The molecule has 0 aliphatic carbocycles. The molecule has 3 nitrogen and oxygen atoms in total. The first kappa shape index (κ1) is 16.5. The van der Waals surface area contributed by atoms with Crippen molar-refractivity contribution in [3.8, 4) is 0 Å². The maximum Gasteiger partial charge on any atom is 0.0713 e. The maximum atomic E-state index is 5.20. The second-order valence-corrected chi connectivity index (χ2v) is 6.10. The van der Waals surface area contributed by atoms with Crippen molar-refractivity contribution < 1.29 is 4.74 Å².